The van der Waals surface area contributed by atoms with Crippen LogP contribution in [0.5, 0.6) is 0 Å². The van der Waals surface area contributed by atoms with Crippen LogP contribution in [0.3, 0.4) is 0 Å². The van der Waals surface area contributed by atoms with Gasteiger partial charge in [0, 0.05) is 37.7 Å². The standard InChI is InChI=1S/C16H14Cl2N4O2S/c1-22-15(5-6-20-22)12-7-11(8-19-10-12)9-21-25(23,24)16-13(17)3-2-4-14(16)18/h2-8,10,21H,9H2,1H3. The molecule has 1 N–H and O–H groups in total. The van der Waals surface area contributed by atoms with Gasteiger partial charge in [0.25, 0.3) is 0 Å². The number of halogens is 2. The Labute approximate surface area is 155 Å². The van der Waals surface area contributed by atoms with Crippen LogP contribution >= 0.6 is 23.2 Å². The summed E-state index contributed by atoms with van der Waals surface area (Å²) in [7, 11) is -2.03. The third-order valence-electron chi connectivity index (χ3n) is 3.57. The molecular formula is C16H14Cl2N4O2S. The second-order valence-corrected chi connectivity index (χ2v) is 7.82. The third kappa shape index (κ3) is 3.85. The maximum Gasteiger partial charge on any atom is 0.243 e. The molecule has 0 unspecified atom stereocenters. The summed E-state index contributed by atoms with van der Waals surface area (Å²) in [5, 5.41) is 4.26. The molecule has 0 fully saturated rings. The lowest BCUT2D eigenvalue weighted by Gasteiger charge is -2.10. The van der Waals surface area contributed by atoms with E-state index in [4.69, 9.17) is 23.2 Å². The zero-order valence-corrected chi connectivity index (χ0v) is 15.5. The van der Waals surface area contributed by atoms with Crippen molar-refractivity contribution < 1.29 is 8.42 Å². The van der Waals surface area contributed by atoms with Crippen molar-refractivity contribution in [2.45, 2.75) is 11.4 Å². The molecule has 0 saturated carbocycles. The monoisotopic (exact) mass is 396 g/mol. The van der Waals surface area contributed by atoms with Crippen LogP contribution in [0.1, 0.15) is 5.56 Å². The van der Waals surface area contributed by atoms with Crippen molar-refractivity contribution in [3.63, 3.8) is 0 Å². The van der Waals surface area contributed by atoms with Gasteiger partial charge in [-0.05, 0) is 29.8 Å². The molecule has 3 aromatic rings. The van der Waals surface area contributed by atoms with E-state index in [9.17, 15) is 8.42 Å². The smallest absolute Gasteiger partial charge is 0.243 e. The van der Waals surface area contributed by atoms with Gasteiger partial charge in [-0.25, -0.2) is 13.1 Å². The van der Waals surface area contributed by atoms with Gasteiger partial charge in [-0.3, -0.25) is 9.67 Å². The van der Waals surface area contributed by atoms with Crippen molar-refractivity contribution >= 4 is 33.2 Å². The lowest BCUT2D eigenvalue weighted by Crippen LogP contribution is -2.24. The van der Waals surface area contributed by atoms with Crippen LogP contribution in [0.4, 0.5) is 0 Å². The highest BCUT2D eigenvalue weighted by Crippen LogP contribution is 2.29. The molecule has 0 spiro atoms. The minimum absolute atomic E-state index is 0.0581. The van der Waals surface area contributed by atoms with Crippen LogP contribution in [0.15, 0.2) is 53.8 Å². The average molecular weight is 397 g/mol. The van der Waals surface area contributed by atoms with E-state index < -0.39 is 10.0 Å². The number of rotatable bonds is 5. The predicted octanol–water partition coefficient (Wildman–Crippen LogP) is 3.27. The average Bonchev–Trinajstić information content (AvgIpc) is 2.99. The minimum atomic E-state index is -3.85. The fourth-order valence-corrected chi connectivity index (χ4v) is 4.53. The molecule has 0 amide bonds. The van der Waals surface area contributed by atoms with Crippen LogP contribution in [0.25, 0.3) is 11.3 Å². The summed E-state index contributed by atoms with van der Waals surface area (Å²) in [6.45, 7) is 0.0581. The van der Waals surface area contributed by atoms with Gasteiger partial charge in [-0.2, -0.15) is 5.10 Å². The van der Waals surface area contributed by atoms with Crippen molar-refractivity contribution in [3.8, 4) is 11.3 Å². The highest BCUT2D eigenvalue weighted by atomic mass is 35.5. The Kier molecular flexibility index (Phi) is 5.10. The summed E-state index contributed by atoms with van der Waals surface area (Å²) in [6, 6.07) is 8.25. The van der Waals surface area contributed by atoms with Gasteiger partial charge in [0.05, 0.1) is 15.7 Å². The number of pyridine rings is 1. The van der Waals surface area contributed by atoms with Crippen molar-refractivity contribution in [2.24, 2.45) is 7.05 Å². The lowest BCUT2D eigenvalue weighted by atomic mass is 10.1. The Bertz CT molecular complexity index is 998. The van der Waals surface area contributed by atoms with Gasteiger partial charge in [-0.15, -0.1) is 0 Å². The molecule has 0 aliphatic rings. The number of nitrogens with zero attached hydrogens (tertiary/aromatic N) is 3. The van der Waals surface area contributed by atoms with E-state index >= 15 is 0 Å². The number of benzene rings is 1. The van der Waals surface area contributed by atoms with Crippen LogP contribution in [0, 0.1) is 0 Å². The van der Waals surface area contributed by atoms with Gasteiger partial charge >= 0.3 is 0 Å². The normalized spacial score (nSPS) is 11.6. The molecule has 0 bridgehead atoms. The minimum Gasteiger partial charge on any atom is -0.268 e. The molecule has 3 rings (SSSR count). The van der Waals surface area contributed by atoms with E-state index in [-0.39, 0.29) is 21.5 Å². The zero-order chi connectivity index (χ0) is 18.0. The van der Waals surface area contributed by atoms with E-state index in [1.54, 1.807) is 29.3 Å². The fourth-order valence-electron chi connectivity index (χ4n) is 2.37. The van der Waals surface area contributed by atoms with Crippen LogP contribution in [0.2, 0.25) is 10.0 Å². The summed E-state index contributed by atoms with van der Waals surface area (Å²) in [5.41, 5.74) is 2.42. The van der Waals surface area contributed by atoms with E-state index in [1.807, 2.05) is 19.2 Å². The second kappa shape index (κ2) is 7.13. The molecule has 9 heteroatoms. The van der Waals surface area contributed by atoms with Gasteiger partial charge in [0.15, 0.2) is 0 Å². The molecule has 0 aliphatic carbocycles. The lowest BCUT2D eigenvalue weighted by molar-refractivity contribution is 0.581. The molecule has 25 heavy (non-hydrogen) atoms. The van der Waals surface area contributed by atoms with Gasteiger partial charge in [-0.1, -0.05) is 29.3 Å². The topological polar surface area (TPSA) is 76.9 Å². The van der Waals surface area contributed by atoms with Gasteiger partial charge < -0.3 is 0 Å². The molecule has 1 aromatic carbocycles. The van der Waals surface area contributed by atoms with E-state index in [1.165, 1.54) is 12.1 Å². The van der Waals surface area contributed by atoms with Crippen LogP contribution < -0.4 is 4.72 Å². The number of sulfonamides is 1. The first-order valence-electron chi connectivity index (χ1n) is 7.24. The first-order valence-corrected chi connectivity index (χ1v) is 9.48. The number of hydrogen-bond acceptors (Lipinski definition) is 4. The predicted molar refractivity (Wildman–Crippen MR) is 96.9 cm³/mol. The summed E-state index contributed by atoms with van der Waals surface area (Å²) >= 11 is 12.0. The van der Waals surface area contributed by atoms with E-state index in [0.717, 1.165) is 11.3 Å². The van der Waals surface area contributed by atoms with Crippen molar-refractivity contribution in [2.75, 3.05) is 0 Å². The number of hydrogen-bond donors (Lipinski definition) is 1. The first kappa shape index (κ1) is 17.9. The number of nitrogens with one attached hydrogen (secondary N) is 1. The molecule has 0 saturated heterocycles. The van der Waals surface area contributed by atoms with Crippen LogP contribution in [-0.2, 0) is 23.6 Å². The number of aromatic nitrogens is 3. The molecule has 0 atom stereocenters. The quantitative estimate of drug-likeness (QED) is 0.717. The van der Waals surface area contributed by atoms with Crippen molar-refractivity contribution in [1.29, 1.82) is 0 Å². The molecule has 2 aromatic heterocycles. The Hall–Kier alpha value is -1.93. The van der Waals surface area contributed by atoms with Crippen LogP contribution in [-0.4, -0.2) is 23.2 Å². The Morgan fingerprint density at radius 1 is 1.16 bits per heavy atom. The Balaban J connectivity index is 1.83. The molecular weight excluding hydrogens is 383 g/mol. The molecule has 6 nitrogen and oxygen atoms in total. The fraction of sp³-hybridized carbons (Fsp3) is 0.125. The highest BCUT2D eigenvalue weighted by Gasteiger charge is 2.21. The second-order valence-electron chi connectivity index (χ2n) is 5.30. The SMILES string of the molecule is Cn1nccc1-c1cncc(CNS(=O)(=O)c2c(Cl)cccc2Cl)c1. The van der Waals surface area contributed by atoms with Crippen molar-refractivity contribution in [3.05, 3.63) is 64.5 Å². The summed E-state index contributed by atoms with van der Waals surface area (Å²) in [6.07, 6.45) is 4.97. The molecule has 0 aliphatic heterocycles. The Morgan fingerprint density at radius 3 is 2.52 bits per heavy atom. The first-order chi connectivity index (χ1) is 11.9. The summed E-state index contributed by atoms with van der Waals surface area (Å²) < 4.78 is 29.2. The number of aryl methyl sites for hydroxylation is 1. The summed E-state index contributed by atoms with van der Waals surface area (Å²) in [5.74, 6) is 0. The molecule has 0 radical (unpaired) electrons. The largest absolute Gasteiger partial charge is 0.268 e. The highest BCUT2D eigenvalue weighted by molar-refractivity contribution is 7.89. The Morgan fingerprint density at radius 2 is 1.88 bits per heavy atom. The van der Waals surface area contributed by atoms with Gasteiger partial charge in [0.1, 0.15) is 4.90 Å². The van der Waals surface area contributed by atoms with Crippen molar-refractivity contribution in [1.82, 2.24) is 19.5 Å². The zero-order valence-electron chi connectivity index (χ0n) is 13.1. The van der Waals surface area contributed by atoms with E-state index in [0.29, 0.717) is 5.56 Å². The summed E-state index contributed by atoms with van der Waals surface area (Å²) in [4.78, 5) is 4.03. The maximum absolute atomic E-state index is 12.5. The molecule has 130 valence electrons. The third-order valence-corrected chi connectivity index (χ3v) is 5.92. The maximum atomic E-state index is 12.5. The van der Waals surface area contributed by atoms with Gasteiger partial charge in [0.2, 0.25) is 10.0 Å². The van der Waals surface area contributed by atoms with E-state index in [2.05, 4.69) is 14.8 Å². The molecule has 2 heterocycles.